The molecule has 7 heteroatoms. The van der Waals surface area contributed by atoms with E-state index in [4.69, 9.17) is 9.84 Å². The van der Waals surface area contributed by atoms with Crippen LogP contribution in [0.2, 0.25) is 0 Å². The van der Waals surface area contributed by atoms with E-state index in [0.29, 0.717) is 12.2 Å². The lowest BCUT2D eigenvalue weighted by Gasteiger charge is -2.21. The first-order chi connectivity index (χ1) is 8.76. The number of halogens is 1. The third-order valence-electron chi connectivity index (χ3n) is 1.96. The Balaban J connectivity index is 4.05. The molecule has 0 aromatic carbocycles. The number of hydrogen-bond donors (Lipinski definition) is 2. The van der Waals surface area contributed by atoms with Gasteiger partial charge in [0, 0.05) is 5.33 Å². The fourth-order valence-corrected chi connectivity index (χ4v) is 2.77. The van der Waals surface area contributed by atoms with Crippen LogP contribution in [0.4, 0.5) is 4.79 Å². The van der Waals surface area contributed by atoms with Gasteiger partial charge in [-0.2, -0.15) is 11.8 Å². The van der Waals surface area contributed by atoms with Gasteiger partial charge in [-0.05, 0) is 45.1 Å². The average molecular weight is 356 g/mol. The largest absolute Gasteiger partial charge is 0.480 e. The standard InChI is InChI=1S/C12H22BrNO4S/c1-12(2,3)18-11(17)14-9(10(15)16)5-8-19-7-4-6-13/h9H,4-8H2,1-3H3,(H,14,17)(H,15,16). The van der Waals surface area contributed by atoms with Gasteiger partial charge in [-0.1, -0.05) is 15.9 Å². The van der Waals surface area contributed by atoms with Crippen LogP contribution in [-0.2, 0) is 9.53 Å². The second-order valence-electron chi connectivity index (χ2n) is 4.98. The van der Waals surface area contributed by atoms with E-state index >= 15 is 0 Å². The third-order valence-corrected chi connectivity index (χ3v) is 3.62. The van der Waals surface area contributed by atoms with Crippen molar-refractivity contribution in [2.75, 3.05) is 16.8 Å². The molecule has 0 aliphatic rings. The van der Waals surface area contributed by atoms with E-state index in [-0.39, 0.29) is 0 Å². The molecule has 5 nitrogen and oxygen atoms in total. The second-order valence-corrected chi connectivity index (χ2v) is 7.00. The Morgan fingerprint density at radius 1 is 1.37 bits per heavy atom. The predicted octanol–water partition coefficient (Wildman–Crippen LogP) is 2.87. The van der Waals surface area contributed by atoms with Crippen molar-refractivity contribution in [3.05, 3.63) is 0 Å². The number of carbonyl (C=O) groups excluding carboxylic acids is 1. The first-order valence-electron chi connectivity index (χ1n) is 6.12. The van der Waals surface area contributed by atoms with Crippen molar-refractivity contribution in [1.29, 1.82) is 0 Å². The number of hydrogen-bond acceptors (Lipinski definition) is 4. The first kappa shape index (κ1) is 18.6. The zero-order valence-electron chi connectivity index (χ0n) is 11.6. The molecule has 0 spiro atoms. The summed E-state index contributed by atoms with van der Waals surface area (Å²) in [5.41, 5.74) is -0.627. The minimum absolute atomic E-state index is 0.390. The number of thioether (sulfide) groups is 1. The molecule has 0 radical (unpaired) electrons. The number of rotatable bonds is 8. The number of aliphatic carboxylic acids is 1. The molecule has 19 heavy (non-hydrogen) atoms. The average Bonchev–Trinajstić information content (AvgIpc) is 2.24. The zero-order chi connectivity index (χ0) is 14.9. The molecule has 0 aliphatic heterocycles. The van der Waals surface area contributed by atoms with Crippen molar-refractivity contribution in [2.24, 2.45) is 0 Å². The fraction of sp³-hybridized carbons (Fsp3) is 0.833. The maximum Gasteiger partial charge on any atom is 0.408 e. The summed E-state index contributed by atoms with van der Waals surface area (Å²) in [7, 11) is 0. The molecule has 0 rings (SSSR count). The Hall–Kier alpha value is -0.430. The van der Waals surface area contributed by atoms with E-state index in [1.165, 1.54) is 0 Å². The molecule has 1 amide bonds. The molecular formula is C12H22BrNO4S. The normalized spacial score (nSPS) is 12.8. The van der Waals surface area contributed by atoms with Gasteiger partial charge in [0.1, 0.15) is 11.6 Å². The van der Waals surface area contributed by atoms with Crippen LogP contribution in [0.1, 0.15) is 33.6 Å². The minimum atomic E-state index is -1.04. The molecule has 0 heterocycles. The maximum atomic E-state index is 11.5. The Morgan fingerprint density at radius 2 is 2.00 bits per heavy atom. The number of alkyl halides is 1. The summed E-state index contributed by atoms with van der Waals surface area (Å²) in [5, 5.41) is 12.4. The maximum absolute atomic E-state index is 11.5. The molecule has 0 fully saturated rings. The second kappa shape index (κ2) is 9.47. The Kier molecular flexibility index (Phi) is 9.26. The summed E-state index contributed by atoms with van der Waals surface area (Å²) in [6.07, 6.45) is 0.744. The van der Waals surface area contributed by atoms with Crippen LogP contribution in [0.15, 0.2) is 0 Å². The van der Waals surface area contributed by atoms with Crippen LogP contribution < -0.4 is 5.32 Å². The molecule has 0 aromatic rings. The Morgan fingerprint density at radius 3 is 2.47 bits per heavy atom. The number of alkyl carbamates (subject to hydrolysis) is 1. The van der Waals surface area contributed by atoms with Crippen LogP contribution in [0.25, 0.3) is 0 Å². The van der Waals surface area contributed by atoms with Crippen LogP contribution in [0, 0.1) is 0 Å². The highest BCUT2D eigenvalue weighted by molar-refractivity contribution is 9.09. The van der Waals surface area contributed by atoms with Crippen LogP contribution in [0.5, 0.6) is 0 Å². The van der Waals surface area contributed by atoms with E-state index in [1.807, 2.05) is 0 Å². The SMILES string of the molecule is CC(C)(C)OC(=O)NC(CCSCCCBr)C(=O)O. The van der Waals surface area contributed by atoms with E-state index in [9.17, 15) is 9.59 Å². The van der Waals surface area contributed by atoms with E-state index in [2.05, 4.69) is 21.2 Å². The Bertz CT molecular complexity index is 294. The first-order valence-corrected chi connectivity index (χ1v) is 8.40. The van der Waals surface area contributed by atoms with Crippen molar-refractivity contribution in [3.63, 3.8) is 0 Å². The molecule has 2 N–H and O–H groups in total. The van der Waals surface area contributed by atoms with Gasteiger partial charge in [-0.15, -0.1) is 0 Å². The quantitative estimate of drug-likeness (QED) is 0.517. The Labute approximate surface area is 127 Å². The summed E-state index contributed by atoms with van der Waals surface area (Å²) in [4.78, 5) is 22.5. The van der Waals surface area contributed by atoms with Crippen molar-refractivity contribution >= 4 is 39.8 Å². The number of carboxylic acid groups (broad SMARTS) is 1. The van der Waals surface area contributed by atoms with E-state index in [0.717, 1.165) is 17.5 Å². The molecule has 1 unspecified atom stereocenters. The lowest BCUT2D eigenvalue weighted by molar-refractivity contribution is -0.139. The summed E-state index contributed by atoms with van der Waals surface area (Å²) in [6.45, 7) is 5.20. The van der Waals surface area contributed by atoms with E-state index < -0.39 is 23.7 Å². The summed E-state index contributed by atoms with van der Waals surface area (Å²) < 4.78 is 5.04. The lowest BCUT2D eigenvalue weighted by Crippen LogP contribution is -2.43. The summed E-state index contributed by atoms with van der Waals surface area (Å²) in [6, 6.07) is -0.897. The topological polar surface area (TPSA) is 75.6 Å². The molecule has 0 aromatic heterocycles. The number of amides is 1. The highest BCUT2D eigenvalue weighted by Crippen LogP contribution is 2.10. The van der Waals surface area contributed by atoms with Gasteiger partial charge in [-0.25, -0.2) is 9.59 Å². The molecule has 0 bridgehead atoms. The third kappa shape index (κ3) is 11.1. The summed E-state index contributed by atoms with van der Waals surface area (Å²) >= 11 is 5.01. The lowest BCUT2D eigenvalue weighted by atomic mass is 10.2. The molecule has 112 valence electrons. The number of ether oxygens (including phenoxy) is 1. The minimum Gasteiger partial charge on any atom is -0.480 e. The molecular weight excluding hydrogens is 334 g/mol. The van der Waals surface area contributed by atoms with Crippen molar-refractivity contribution < 1.29 is 19.4 Å². The highest BCUT2D eigenvalue weighted by Gasteiger charge is 2.23. The van der Waals surface area contributed by atoms with Crippen LogP contribution in [0.3, 0.4) is 0 Å². The molecule has 1 atom stereocenters. The van der Waals surface area contributed by atoms with Gasteiger partial charge in [0.15, 0.2) is 0 Å². The molecule has 0 aliphatic carbocycles. The van der Waals surface area contributed by atoms with Gasteiger partial charge in [-0.3, -0.25) is 0 Å². The van der Waals surface area contributed by atoms with Crippen molar-refractivity contribution in [1.82, 2.24) is 5.32 Å². The predicted molar refractivity (Wildman–Crippen MR) is 81.1 cm³/mol. The van der Waals surface area contributed by atoms with Gasteiger partial charge in [0.2, 0.25) is 0 Å². The zero-order valence-corrected chi connectivity index (χ0v) is 14.0. The van der Waals surface area contributed by atoms with Crippen LogP contribution in [-0.4, -0.2) is 45.6 Å². The van der Waals surface area contributed by atoms with Gasteiger partial charge >= 0.3 is 12.1 Å². The highest BCUT2D eigenvalue weighted by atomic mass is 79.9. The number of carbonyl (C=O) groups is 2. The van der Waals surface area contributed by atoms with Crippen LogP contribution >= 0.6 is 27.7 Å². The number of carboxylic acids is 1. The smallest absolute Gasteiger partial charge is 0.408 e. The van der Waals surface area contributed by atoms with Gasteiger partial charge in [0.25, 0.3) is 0 Å². The number of nitrogens with one attached hydrogen (secondary N) is 1. The fourth-order valence-electron chi connectivity index (χ4n) is 1.17. The monoisotopic (exact) mass is 355 g/mol. The summed E-state index contributed by atoms with van der Waals surface area (Å²) in [5.74, 6) is 0.635. The molecule has 0 saturated carbocycles. The van der Waals surface area contributed by atoms with Gasteiger partial charge in [0.05, 0.1) is 0 Å². The van der Waals surface area contributed by atoms with Crippen molar-refractivity contribution in [3.8, 4) is 0 Å². The van der Waals surface area contributed by atoms with Crippen molar-refractivity contribution in [2.45, 2.75) is 45.3 Å². The van der Waals surface area contributed by atoms with E-state index in [1.54, 1.807) is 32.5 Å². The van der Waals surface area contributed by atoms with Gasteiger partial charge < -0.3 is 15.2 Å². The molecule has 0 saturated heterocycles.